The van der Waals surface area contributed by atoms with Gasteiger partial charge >= 0.3 is 0 Å². The fraction of sp³-hybridized carbons (Fsp3) is 0.132. The minimum Gasteiger partial charge on any atom is -0.208 e. The average Bonchev–Trinajstić information content (AvgIpc) is 3.31. The summed E-state index contributed by atoms with van der Waals surface area (Å²) < 4.78 is 0. The lowest BCUT2D eigenvalue weighted by Gasteiger charge is -2.76. The molecule has 2 aromatic heterocycles. The second kappa shape index (κ2) is 13.5. The van der Waals surface area contributed by atoms with Crippen molar-refractivity contribution in [1.29, 1.82) is 0 Å². The molecule has 59 heavy (non-hydrogen) atoms. The highest BCUT2D eigenvalue weighted by Crippen LogP contribution is 2.77. The summed E-state index contributed by atoms with van der Waals surface area (Å²) in [5, 5.41) is 2.20. The molecule has 0 amide bonds. The normalized spacial score (nSPS) is 19.9. The van der Waals surface area contributed by atoms with Crippen LogP contribution >= 0.6 is 0 Å². The van der Waals surface area contributed by atoms with E-state index in [9.17, 15) is 0 Å². The molecule has 0 saturated heterocycles. The van der Waals surface area contributed by atoms with E-state index in [1.807, 2.05) is 78.9 Å². The minimum atomic E-state index is 0.421. The highest BCUT2D eigenvalue weighted by molar-refractivity contribution is 5.99. The molecule has 6 nitrogen and oxygen atoms in total. The lowest BCUT2D eigenvalue weighted by Crippen LogP contribution is -2.71. The van der Waals surface area contributed by atoms with Gasteiger partial charge in [-0.25, -0.2) is 29.9 Å². The molecule has 12 rings (SSSR count). The highest BCUT2D eigenvalue weighted by Gasteiger charge is 2.71. The Balaban J connectivity index is 0.940. The Labute approximate surface area is 342 Å². The van der Waals surface area contributed by atoms with Crippen LogP contribution in [-0.4, -0.2) is 29.9 Å². The van der Waals surface area contributed by atoms with E-state index in [-0.39, 0.29) is 0 Å². The molecule has 2 atom stereocenters. The maximum atomic E-state index is 5.23. The van der Waals surface area contributed by atoms with Crippen molar-refractivity contribution < 1.29 is 0 Å². The predicted molar refractivity (Wildman–Crippen MR) is 235 cm³/mol. The summed E-state index contributed by atoms with van der Waals surface area (Å²) in [6.45, 7) is 0. The third kappa shape index (κ3) is 5.70. The van der Waals surface area contributed by atoms with Crippen LogP contribution in [0.5, 0.6) is 0 Å². The number of benzene rings is 7. The van der Waals surface area contributed by atoms with Crippen LogP contribution in [0.15, 0.2) is 176 Å². The van der Waals surface area contributed by atoms with Gasteiger partial charge in [0.15, 0.2) is 34.9 Å². The molecule has 3 aliphatic rings. The number of nitrogens with zero attached hydrogens (tertiary/aromatic N) is 6. The van der Waals surface area contributed by atoms with Gasteiger partial charge in [0.1, 0.15) is 0 Å². The fourth-order valence-electron chi connectivity index (χ4n) is 10.3. The van der Waals surface area contributed by atoms with Gasteiger partial charge in [-0.2, -0.15) is 0 Å². The summed E-state index contributed by atoms with van der Waals surface area (Å²) in [7, 11) is 0. The monoisotopic (exact) mass is 758 g/mol. The van der Waals surface area contributed by atoms with Crippen molar-refractivity contribution >= 4 is 10.8 Å². The van der Waals surface area contributed by atoms with E-state index < -0.39 is 0 Å². The zero-order valence-corrected chi connectivity index (χ0v) is 32.3. The molecule has 3 fully saturated rings. The van der Waals surface area contributed by atoms with Crippen LogP contribution in [0.2, 0.25) is 0 Å². The Morgan fingerprint density at radius 3 is 1.24 bits per heavy atom. The maximum absolute atomic E-state index is 5.23. The molecule has 0 radical (unpaired) electrons. The zero-order chi connectivity index (χ0) is 38.9. The van der Waals surface area contributed by atoms with E-state index in [2.05, 4.69) is 97.1 Å². The number of fused-ring (bicyclic) bond motifs is 1. The smallest absolute Gasteiger partial charge is 0.164 e. The van der Waals surface area contributed by atoms with Crippen LogP contribution in [0.4, 0.5) is 0 Å². The van der Waals surface area contributed by atoms with Gasteiger partial charge < -0.3 is 0 Å². The van der Waals surface area contributed by atoms with Gasteiger partial charge in [0.05, 0.1) is 0 Å². The van der Waals surface area contributed by atoms with Crippen LogP contribution in [-0.2, 0) is 5.41 Å². The van der Waals surface area contributed by atoms with E-state index in [0.29, 0.717) is 40.4 Å². The molecular weight excluding hydrogens is 721 g/mol. The molecule has 9 aromatic rings. The molecule has 0 aliphatic heterocycles. The van der Waals surface area contributed by atoms with Crippen LogP contribution in [0, 0.1) is 17.8 Å². The van der Waals surface area contributed by atoms with Gasteiger partial charge in [-0.15, -0.1) is 0 Å². The molecule has 7 aromatic carbocycles. The SMILES string of the molecule is c1ccc(-c2nc(-c3ccccc3)nc(-c3ccc(-c4cc(-c5nc(-c6ccccc6)nc(-c6ccc(C78CC9CC(C7)C98)cc6)n5)c5ccccc5c4)cc3)n2)cc1. The van der Waals surface area contributed by atoms with Gasteiger partial charge in [-0.1, -0.05) is 164 Å². The average molecular weight is 759 g/mol. The first-order valence-corrected chi connectivity index (χ1v) is 20.6. The van der Waals surface area contributed by atoms with E-state index in [1.54, 1.807) is 0 Å². The van der Waals surface area contributed by atoms with Gasteiger partial charge in [0.25, 0.3) is 0 Å². The topological polar surface area (TPSA) is 77.3 Å². The van der Waals surface area contributed by atoms with Crippen molar-refractivity contribution in [3.8, 4) is 79.5 Å². The Bertz CT molecular complexity index is 2950. The summed E-state index contributed by atoms with van der Waals surface area (Å²) in [5.74, 6) is 6.75. The standard InChI is InChI=1S/C53H38N6/c1-4-12-34(13-5-1)47-54-48(35-14-6-2-7-15-35)56-50(55-47)37-22-20-33(21-23-37)40-28-39-18-10-11-19-44(39)45(30-40)52-58-49(36-16-8-3-9-17-36)57-51(59-52)38-24-26-43(27-25-38)53-31-41-29-42(32-53)46(41)53/h1-28,30,41-42,46H,29,31-32H2. The maximum Gasteiger partial charge on any atom is 0.164 e. The Hall–Kier alpha value is -7.18. The van der Waals surface area contributed by atoms with Crippen molar-refractivity contribution in [2.45, 2.75) is 24.7 Å². The molecule has 3 aliphatic carbocycles. The third-order valence-corrected chi connectivity index (χ3v) is 13.2. The summed E-state index contributed by atoms with van der Waals surface area (Å²) in [6, 6.07) is 60.9. The first kappa shape index (κ1) is 33.9. The first-order valence-electron chi connectivity index (χ1n) is 20.6. The molecule has 2 heterocycles. The lowest BCUT2D eigenvalue weighted by atomic mass is 9.28. The second-order valence-corrected chi connectivity index (χ2v) is 16.5. The number of rotatable bonds is 8. The van der Waals surface area contributed by atoms with E-state index in [0.717, 1.165) is 73.0 Å². The largest absolute Gasteiger partial charge is 0.208 e. The quantitative estimate of drug-likeness (QED) is 0.154. The molecule has 3 saturated carbocycles. The van der Waals surface area contributed by atoms with Crippen LogP contribution in [0.25, 0.3) is 90.2 Å². The first-order chi connectivity index (χ1) is 29.1. The predicted octanol–water partition coefficient (Wildman–Crippen LogP) is 12.2. The van der Waals surface area contributed by atoms with Crippen LogP contribution in [0.1, 0.15) is 24.8 Å². The summed E-state index contributed by atoms with van der Waals surface area (Å²) >= 11 is 0. The Morgan fingerprint density at radius 2 is 0.763 bits per heavy atom. The number of aromatic nitrogens is 6. The molecular formula is C53H38N6. The molecule has 0 bridgehead atoms. The van der Waals surface area contributed by atoms with Gasteiger partial charge in [0, 0.05) is 33.4 Å². The van der Waals surface area contributed by atoms with Crippen molar-refractivity contribution in [3.63, 3.8) is 0 Å². The zero-order valence-electron chi connectivity index (χ0n) is 32.3. The fourth-order valence-corrected chi connectivity index (χ4v) is 10.3. The van der Waals surface area contributed by atoms with Crippen molar-refractivity contribution in [2.75, 3.05) is 0 Å². The Kier molecular flexibility index (Phi) is 7.73. The molecule has 6 heteroatoms. The van der Waals surface area contributed by atoms with E-state index >= 15 is 0 Å². The van der Waals surface area contributed by atoms with Gasteiger partial charge in [-0.05, 0) is 82.0 Å². The molecule has 0 spiro atoms. The van der Waals surface area contributed by atoms with Crippen molar-refractivity contribution in [1.82, 2.24) is 29.9 Å². The second-order valence-electron chi connectivity index (χ2n) is 16.5. The van der Waals surface area contributed by atoms with E-state index in [4.69, 9.17) is 29.9 Å². The van der Waals surface area contributed by atoms with Crippen LogP contribution in [0.3, 0.4) is 0 Å². The van der Waals surface area contributed by atoms with E-state index in [1.165, 1.54) is 24.8 Å². The van der Waals surface area contributed by atoms with Gasteiger partial charge in [-0.3, -0.25) is 0 Å². The molecule has 2 unspecified atom stereocenters. The third-order valence-electron chi connectivity index (χ3n) is 13.2. The molecule has 280 valence electrons. The highest BCUT2D eigenvalue weighted by atomic mass is 15.0. The van der Waals surface area contributed by atoms with Crippen LogP contribution < -0.4 is 0 Å². The summed E-state index contributed by atoms with van der Waals surface area (Å²) in [6.07, 6.45) is 4.17. The summed E-state index contributed by atoms with van der Waals surface area (Å²) in [5.41, 5.74) is 9.77. The summed E-state index contributed by atoms with van der Waals surface area (Å²) in [4.78, 5) is 30.3. The van der Waals surface area contributed by atoms with Crippen molar-refractivity contribution in [2.24, 2.45) is 17.8 Å². The number of hydrogen-bond acceptors (Lipinski definition) is 6. The minimum absolute atomic E-state index is 0.421. The van der Waals surface area contributed by atoms with Gasteiger partial charge in [0.2, 0.25) is 0 Å². The molecule has 0 N–H and O–H groups in total. The Morgan fingerprint density at radius 1 is 0.356 bits per heavy atom. The van der Waals surface area contributed by atoms with Crippen molar-refractivity contribution in [3.05, 3.63) is 181 Å². The number of hydrogen-bond donors (Lipinski definition) is 0. The lowest BCUT2D eigenvalue weighted by molar-refractivity contribution is -0.219.